The van der Waals surface area contributed by atoms with Crippen LogP contribution in [-0.2, 0) is 19.5 Å². The Bertz CT molecular complexity index is 831. The van der Waals surface area contributed by atoms with Gasteiger partial charge >= 0.3 is 0 Å². The van der Waals surface area contributed by atoms with E-state index in [0.717, 1.165) is 30.6 Å². The summed E-state index contributed by atoms with van der Waals surface area (Å²) in [6, 6.07) is 16.7. The zero-order valence-corrected chi connectivity index (χ0v) is 14.4. The van der Waals surface area contributed by atoms with Crippen LogP contribution in [0.3, 0.4) is 0 Å². The zero-order valence-electron chi connectivity index (χ0n) is 13.6. The highest BCUT2D eigenvalue weighted by Gasteiger charge is 2.18. The Kier molecular flexibility index (Phi) is 4.97. The number of nitrogens with zero attached hydrogens (tertiary/aromatic N) is 3. The third-order valence-corrected chi connectivity index (χ3v) is 4.41. The second-order valence-corrected chi connectivity index (χ2v) is 6.05. The van der Waals surface area contributed by atoms with E-state index >= 15 is 0 Å². The average molecular weight is 342 g/mol. The molecular formula is C19H20ClN3O. The summed E-state index contributed by atoms with van der Waals surface area (Å²) in [7, 11) is 0. The summed E-state index contributed by atoms with van der Waals surface area (Å²) in [5.41, 5.74) is 5.01. The summed E-state index contributed by atoms with van der Waals surface area (Å²) in [6.45, 7) is 4.73. The number of halogens is 1. The molecule has 0 saturated heterocycles. The number of hydrogen-bond donors (Lipinski definition) is 0. The van der Waals surface area contributed by atoms with Gasteiger partial charge in [-0.2, -0.15) is 0 Å². The lowest BCUT2D eigenvalue weighted by molar-refractivity contribution is 0.222. The quantitative estimate of drug-likeness (QED) is 0.721. The standard InChI is InChI=1S/C19H19N3O.ClH/c1-14-6-2-5-9-17(14)19-21-20-18(23-19)13-22-11-10-15-7-3-4-8-16(15)12-22;/h2-9H,10-13H2,1H3;1H. The maximum absolute atomic E-state index is 5.88. The molecule has 4 rings (SSSR count). The lowest BCUT2D eigenvalue weighted by atomic mass is 10.00. The molecule has 0 spiro atoms. The van der Waals surface area contributed by atoms with E-state index in [9.17, 15) is 0 Å². The van der Waals surface area contributed by atoms with Crippen LogP contribution in [0.2, 0.25) is 0 Å². The fourth-order valence-electron chi connectivity index (χ4n) is 3.12. The molecule has 2 aromatic carbocycles. The minimum Gasteiger partial charge on any atom is -0.419 e. The second kappa shape index (κ2) is 7.16. The van der Waals surface area contributed by atoms with Gasteiger partial charge in [0.1, 0.15) is 0 Å². The summed E-state index contributed by atoms with van der Waals surface area (Å²) in [5, 5.41) is 8.44. The molecule has 5 heteroatoms. The number of fused-ring (bicyclic) bond motifs is 1. The van der Waals surface area contributed by atoms with Crippen molar-refractivity contribution in [2.24, 2.45) is 0 Å². The first-order valence-electron chi connectivity index (χ1n) is 7.97. The predicted molar refractivity (Wildman–Crippen MR) is 96.0 cm³/mol. The number of hydrogen-bond acceptors (Lipinski definition) is 4. The summed E-state index contributed by atoms with van der Waals surface area (Å²) in [6.07, 6.45) is 1.08. The third-order valence-electron chi connectivity index (χ3n) is 4.41. The molecule has 1 aliphatic heterocycles. The van der Waals surface area contributed by atoms with Crippen LogP contribution in [0, 0.1) is 6.92 Å². The van der Waals surface area contributed by atoms with Crippen molar-refractivity contribution in [3.8, 4) is 11.5 Å². The zero-order chi connectivity index (χ0) is 15.6. The van der Waals surface area contributed by atoms with Gasteiger partial charge in [0, 0.05) is 18.7 Å². The lowest BCUT2D eigenvalue weighted by Gasteiger charge is -2.27. The van der Waals surface area contributed by atoms with E-state index in [0.29, 0.717) is 18.3 Å². The largest absolute Gasteiger partial charge is 0.419 e. The van der Waals surface area contributed by atoms with Crippen molar-refractivity contribution in [3.05, 3.63) is 71.1 Å². The van der Waals surface area contributed by atoms with E-state index in [2.05, 4.69) is 52.4 Å². The van der Waals surface area contributed by atoms with Gasteiger partial charge < -0.3 is 4.42 Å². The van der Waals surface area contributed by atoms with Gasteiger partial charge in [0.05, 0.1) is 6.54 Å². The van der Waals surface area contributed by atoms with E-state index in [4.69, 9.17) is 4.42 Å². The summed E-state index contributed by atoms with van der Waals surface area (Å²) >= 11 is 0. The SMILES string of the molecule is Cc1ccccc1-c1nnc(CN2CCc3ccccc3C2)o1.Cl. The highest BCUT2D eigenvalue weighted by Crippen LogP contribution is 2.23. The van der Waals surface area contributed by atoms with Crippen LogP contribution in [0.15, 0.2) is 52.9 Å². The molecule has 0 saturated carbocycles. The average Bonchev–Trinajstić information content (AvgIpc) is 3.03. The Hall–Kier alpha value is -2.17. The van der Waals surface area contributed by atoms with Gasteiger partial charge in [-0.3, -0.25) is 4.90 Å². The van der Waals surface area contributed by atoms with Gasteiger partial charge in [-0.1, -0.05) is 42.5 Å². The molecule has 24 heavy (non-hydrogen) atoms. The maximum Gasteiger partial charge on any atom is 0.248 e. The maximum atomic E-state index is 5.88. The molecule has 0 aliphatic carbocycles. The molecule has 124 valence electrons. The first-order chi connectivity index (χ1) is 11.3. The Morgan fingerprint density at radius 1 is 1.00 bits per heavy atom. The Morgan fingerprint density at radius 3 is 2.58 bits per heavy atom. The molecule has 0 amide bonds. The van der Waals surface area contributed by atoms with Crippen molar-refractivity contribution in [2.45, 2.75) is 26.4 Å². The fraction of sp³-hybridized carbons (Fsp3) is 0.263. The highest BCUT2D eigenvalue weighted by atomic mass is 35.5. The van der Waals surface area contributed by atoms with Crippen LogP contribution in [0.1, 0.15) is 22.6 Å². The van der Waals surface area contributed by atoms with E-state index in [1.807, 2.05) is 18.2 Å². The van der Waals surface area contributed by atoms with Crippen LogP contribution < -0.4 is 0 Å². The number of aryl methyl sites for hydroxylation is 1. The normalized spacial score (nSPS) is 14.0. The molecule has 2 heterocycles. The fourth-order valence-corrected chi connectivity index (χ4v) is 3.12. The molecule has 0 atom stereocenters. The van der Waals surface area contributed by atoms with Crippen molar-refractivity contribution in [1.29, 1.82) is 0 Å². The van der Waals surface area contributed by atoms with Gasteiger partial charge in [-0.25, -0.2) is 0 Å². The number of rotatable bonds is 3. The molecule has 0 N–H and O–H groups in total. The van der Waals surface area contributed by atoms with E-state index in [-0.39, 0.29) is 12.4 Å². The lowest BCUT2D eigenvalue weighted by Crippen LogP contribution is -2.30. The van der Waals surface area contributed by atoms with Crippen molar-refractivity contribution < 1.29 is 4.42 Å². The summed E-state index contributed by atoms with van der Waals surface area (Å²) < 4.78 is 5.88. The Morgan fingerprint density at radius 2 is 1.75 bits per heavy atom. The molecule has 1 aliphatic rings. The van der Waals surface area contributed by atoms with E-state index in [1.165, 1.54) is 11.1 Å². The molecule has 1 aromatic heterocycles. The summed E-state index contributed by atoms with van der Waals surface area (Å²) in [4.78, 5) is 2.36. The molecule has 4 nitrogen and oxygen atoms in total. The summed E-state index contributed by atoms with van der Waals surface area (Å²) in [5.74, 6) is 1.29. The molecule has 0 bridgehead atoms. The minimum absolute atomic E-state index is 0. The second-order valence-electron chi connectivity index (χ2n) is 6.05. The number of benzene rings is 2. The van der Waals surface area contributed by atoms with Crippen molar-refractivity contribution in [3.63, 3.8) is 0 Å². The molecule has 0 fully saturated rings. The molecule has 3 aromatic rings. The highest BCUT2D eigenvalue weighted by molar-refractivity contribution is 5.85. The smallest absolute Gasteiger partial charge is 0.248 e. The predicted octanol–water partition coefficient (Wildman–Crippen LogP) is 4.03. The van der Waals surface area contributed by atoms with Gasteiger partial charge in [0.2, 0.25) is 11.8 Å². The van der Waals surface area contributed by atoms with Gasteiger partial charge in [-0.15, -0.1) is 22.6 Å². The van der Waals surface area contributed by atoms with Gasteiger partial charge in [0.25, 0.3) is 0 Å². The minimum atomic E-state index is 0. The first kappa shape index (κ1) is 16.7. The van der Waals surface area contributed by atoms with Crippen LogP contribution in [-0.4, -0.2) is 21.6 Å². The van der Waals surface area contributed by atoms with Gasteiger partial charge in [0.15, 0.2) is 0 Å². The van der Waals surface area contributed by atoms with Crippen LogP contribution in [0.5, 0.6) is 0 Å². The van der Waals surface area contributed by atoms with E-state index < -0.39 is 0 Å². The Labute approximate surface area is 147 Å². The van der Waals surface area contributed by atoms with Crippen LogP contribution in [0.4, 0.5) is 0 Å². The van der Waals surface area contributed by atoms with Crippen LogP contribution in [0.25, 0.3) is 11.5 Å². The van der Waals surface area contributed by atoms with Crippen molar-refractivity contribution in [2.75, 3.05) is 6.54 Å². The van der Waals surface area contributed by atoms with Gasteiger partial charge in [-0.05, 0) is 36.1 Å². The third kappa shape index (κ3) is 3.35. The topological polar surface area (TPSA) is 42.2 Å². The van der Waals surface area contributed by atoms with Crippen molar-refractivity contribution in [1.82, 2.24) is 15.1 Å². The van der Waals surface area contributed by atoms with Crippen LogP contribution >= 0.6 is 12.4 Å². The van der Waals surface area contributed by atoms with E-state index in [1.54, 1.807) is 0 Å². The molecular weight excluding hydrogens is 322 g/mol. The Balaban J connectivity index is 0.00000169. The molecule has 0 radical (unpaired) electrons. The van der Waals surface area contributed by atoms with Crippen molar-refractivity contribution >= 4 is 12.4 Å². The number of aromatic nitrogens is 2. The monoisotopic (exact) mass is 341 g/mol. The first-order valence-corrected chi connectivity index (χ1v) is 7.97. The molecule has 0 unspecified atom stereocenters.